The first kappa shape index (κ1) is 31.6. The highest BCUT2D eigenvalue weighted by atomic mass is 16.2. The Morgan fingerprint density at radius 2 is 0.940 bits per heavy atom. The fraction of sp³-hybridized carbons (Fsp3) is 0.0455. The lowest BCUT2D eigenvalue weighted by molar-refractivity contribution is -0.115. The van der Waals surface area contributed by atoms with Crippen molar-refractivity contribution in [1.82, 2.24) is 0 Å². The van der Waals surface area contributed by atoms with Gasteiger partial charge < -0.3 is 10.6 Å². The molecule has 0 saturated carbocycles. The van der Waals surface area contributed by atoms with Crippen LogP contribution >= 0.6 is 0 Å². The average Bonchev–Trinajstić information content (AvgIpc) is 3.14. The van der Waals surface area contributed by atoms with Crippen molar-refractivity contribution < 1.29 is 9.59 Å². The summed E-state index contributed by atoms with van der Waals surface area (Å²) in [5.41, 5.74) is 9.24. The molecular weight excluding hydrogens is 617 g/mol. The van der Waals surface area contributed by atoms with Crippen molar-refractivity contribution in [3.05, 3.63) is 150 Å². The maximum atomic E-state index is 12.9. The molecule has 6 nitrogen and oxygen atoms in total. The number of benzene rings is 7. The number of amides is 2. The molecular formula is C44H30N4O2. The van der Waals surface area contributed by atoms with Crippen LogP contribution < -0.4 is 10.6 Å². The van der Waals surface area contributed by atoms with Crippen LogP contribution in [-0.4, -0.2) is 11.8 Å². The fourth-order valence-electron chi connectivity index (χ4n) is 6.72. The van der Waals surface area contributed by atoms with Crippen molar-refractivity contribution in [1.29, 1.82) is 5.26 Å². The number of carbonyl (C=O) groups is 2. The zero-order valence-corrected chi connectivity index (χ0v) is 27.4. The van der Waals surface area contributed by atoms with Gasteiger partial charge in [-0.15, -0.1) is 0 Å². The third-order valence-electron chi connectivity index (χ3n) is 8.83. The zero-order valence-electron chi connectivity index (χ0n) is 27.4. The number of fused-ring (bicyclic) bond motifs is 2. The van der Waals surface area contributed by atoms with Gasteiger partial charge in [0.2, 0.25) is 11.8 Å². The quantitative estimate of drug-likeness (QED) is 0.176. The van der Waals surface area contributed by atoms with E-state index in [-0.39, 0.29) is 11.8 Å². The van der Waals surface area contributed by atoms with Crippen LogP contribution in [-0.2, 0) is 9.59 Å². The first-order valence-electron chi connectivity index (χ1n) is 16.1. The molecule has 0 fully saturated rings. The molecule has 0 atom stereocenters. The third kappa shape index (κ3) is 5.83. The summed E-state index contributed by atoms with van der Waals surface area (Å²) in [5, 5.41) is 19.5. The highest BCUT2D eigenvalue weighted by Crippen LogP contribution is 2.47. The summed E-state index contributed by atoms with van der Waals surface area (Å²) in [7, 11) is 0. The van der Waals surface area contributed by atoms with E-state index in [1.165, 1.54) is 13.8 Å². The number of nitrogens with zero attached hydrogens (tertiary/aromatic N) is 2. The van der Waals surface area contributed by atoms with E-state index < -0.39 is 0 Å². The molecule has 0 aliphatic carbocycles. The van der Waals surface area contributed by atoms with Gasteiger partial charge in [-0.25, -0.2) is 4.85 Å². The Kier molecular flexibility index (Phi) is 8.36. The second-order valence-electron chi connectivity index (χ2n) is 12.0. The number of nitriles is 1. The Morgan fingerprint density at radius 3 is 1.32 bits per heavy atom. The molecule has 50 heavy (non-hydrogen) atoms. The molecule has 2 N–H and O–H groups in total. The van der Waals surface area contributed by atoms with Crippen LogP contribution in [0.4, 0.5) is 17.1 Å². The number of rotatable bonds is 6. The minimum Gasteiger partial charge on any atom is -0.324 e. The summed E-state index contributed by atoms with van der Waals surface area (Å²) in [5.74, 6) is -0.553. The summed E-state index contributed by atoms with van der Waals surface area (Å²) in [6.07, 6.45) is 0. The fourth-order valence-corrected chi connectivity index (χ4v) is 6.72. The standard InChI is InChI=1S/C44H30N4O2/c1-27(49)47-43-39(37-14-6-10-32-8-4-12-35(41(32)37)30-18-16-29(26-45)17-19-30)24-25-40(44(43)48-28(2)50)38-15-7-11-33-9-5-13-36(42(33)38)31-20-22-34(46-3)23-21-31/h4-25H,1-2H3,(H,47,49)(H,48,50). The van der Waals surface area contributed by atoms with Crippen molar-refractivity contribution in [3.8, 4) is 50.6 Å². The van der Waals surface area contributed by atoms with Crippen molar-refractivity contribution in [2.75, 3.05) is 10.6 Å². The molecule has 7 aromatic carbocycles. The van der Waals surface area contributed by atoms with Gasteiger partial charge in [-0.05, 0) is 67.1 Å². The lowest BCUT2D eigenvalue weighted by Crippen LogP contribution is -2.14. The average molecular weight is 647 g/mol. The molecule has 2 amide bonds. The Balaban J connectivity index is 1.52. The van der Waals surface area contributed by atoms with Gasteiger partial charge in [0.1, 0.15) is 0 Å². The first-order chi connectivity index (χ1) is 24.4. The highest BCUT2D eigenvalue weighted by Gasteiger charge is 2.22. The van der Waals surface area contributed by atoms with Crippen LogP contribution in [0.3, 0.4) is 0 Å². The number of nitrogens with one attached hydrogen (secondary N) is 2. The van der Waals surface area contributed by atoms with Gasteiger partial charge in [0.25, 0.3) is 0 Å². The molecule has 6 heteroatoms. The Morgan fingerprint density at radius 1 is 0.540 bits per heavy atom. The van der Waals surface area contributed by atoms with Crippen molar-refractivity contribution in [2.45, 2.75) is 13.8 Å². The van der Waals surface area contributed by atoms with Crippen LogP contribution in [0.15, 0.2) is 133 Å². The smallest absolute Gasteiger partial charge is 0.221 e. The summed E-state index contributed by atoms with van der Waals surface area (Å²) >= 11 is 0. The minimum atomic E-state index is -0.277. The number of hydrogen-bond donors (Lipinski definition) is 2. The molecule has 0 unspecified atom stereocenters. The van der Waals surface area contributed by atoms with Crippen LogP contribution in [0.5, 0.6) is 0 Å². The van der Waals surface area contributed by atoms with E-state index in [2.05, 4.69) is 57.9 Å². The van der Waals surface area contributed by atoms with Gasteiger partial charge in [0.05, 0.1) is 29.6 Å². The predicted octanol–water partition coefficient (Wildman–Crippen LogP) is 11.0. The van der Waals surface area contributed by atoms with Crippen molar-refractivity contribution in [2.24, 2.45) is 0 Å². The molecule has 0 bridgehead atoms. The van der Waals surface area contributed by atoms with Gasteiger partial charge in [-0.1, -0.05) is 121 Å². The Hall–Kier alpha value is -7.02. The maximum Gasteiger partial charge on any atom is 0.221 e. The normalized spacial score (nSPS) is 10.7. The monoisotopic (exact) mass is 646 g/mol. The van der Waals surface area contributed by atoms with Crippen molar-refractivity contribution in [3.63, 3.8) is 0 Å². The zero-order chi connectivity index (χ0) is 34.8. The van der Waals surface area contributed by atoms with Crippen molar-refractivity contribution >= 4 is 50.4 Å². The topological polar surface area (TPSA) is 86.3 Å². The minimum absolute atomic E-state index is 0.276. The predicted molar refractivity (Wildman–Crippen MR) is 203 cm³/mol. The molecule has 7 rings (SSSR count). The molecule has 7 aromatic rings. The van der Waals surface area contributed by atoms with Crippen LogP contribution in [0, 0.1) is 17.9 Å². The molecule has 0 spiro atoms. The lowest BCUT2D eigenvalue weighted by atomic mass is 9.87. The van der Waals surface area contributed by atoms with E-state index in [1.54, 1.807) is 12.1 Å². The third-order valence-corrected chi connectivity index (χ3v) is 8.83. The summed E-state index contributed by atoms with van der Waals surface area (Å²) in [6, 6.07) is 45.6. The van der Waals surface area contributed by atoms with Gasteiger partial charge in [0.15, 0.2) is 5.69 Å². The molecule has 0 radical (unpaired) electrons. The number of carbonyl (C=O) groups excluding carboxylic acids is 2. The summed E-state index contributed by atoms with van der Waals surface area (Å²) < 4.78 is 0. The first-order valence-corrected chi connectivity index (χ1v) is 16.1. The van der Waals surface area contributed by atoms with E-state index in [9.17, 15) is 14.9 Å². The van der Waals surface area contributed by atoms with Crippen LogP contribution in [0.25, 0.3) is 70.9 Å². The largest absolute Gasteiger partial charge is 0.324 e. The SMILES string of the molecule is [C-]#[N+]c1ccc(-c2cccc3cccc(-c4ccc(-c5cccc6cccc(-c7ccc(C#N)cc7)c56)c(NC(C)=O)c4NC(C)=O)c23)cc1. The number of anilines is 2. The summed E-state index contributed by atoms with van der Waals surface area (Å²) in [6.45, 7) is 10.3. The van der Waals surface area contributed by atoms with E-state index in [4.69, 9.17) is 6.57 Å². The van der Waals surface area contributed by atoms with E-state index in [0.29, 0.717) is 22.6 Å². The maximum absolute atomic E-state index is 12.9. The van der Waals surface area contributed by atoms with E-state index in [1.807, 2.05) is 84.9 Å². The lowest BCUT2D eigenvalue weighted by Gasteiger charge is -2.22. The van der Waals surface area contributed by atoms with Gasteiger partial charge in [-0.3, -0.25) is 9.59 Å². The van der Waals surface area contributed by atoms with Crippen LogP contribution in [0.1, 0.15) is 19.4 Å². The molecule has 0 saturated heterocycles. The van der Waals surface area contributed by atoms with Crippen LogP contribution in [0.2, 0.25) is 0 Å². The molecule has 0 aliphatic heterocycles. The van der Waals surface area contributed by atoms with Gasteiger partial charge in [-0.2, -0.15) is 5.26 Å². The molecule has 0 aromatic heterocycles. The summed E-state index contributed by atoms with van der Waals surface area (Å²) in [4.78, 5) is 29.4. The van der Waals surface area contributed by atoms with Gasteiger partial charge >= 0.3 is 0 Å². The second-order valence-corrected chi connectivity index (χ2v) is 12.0. The van der Waals surface area contributed by atoms with E-state index >= 15 is 0 Å². The Bertz CT molecular complexity index is 2370. The second kappa shape index (κ2) is 13.2. The molecule has 0 aliphatic rings. The van der Waals surface area contributed by atoms with E-state index in [0.717, 1.165) is 66.1 Å². The van der Waals surface area contributed by atoms with Gasteiger partial charge in [0, 0.05) is 25.0 Å². The molecule has 238 valence electrons. The Labute approximate surface area is 290 Å². The number of hydrogen-bond acceptors (Lipinski definition) is 3. The highest BCUT2D eigenvalue weighted by molar-refractivity contribution is 6.16. The molecule has 0 heterocycles.